The van der Waals surface area contributed by atoms with E-state index in [2.05, 4.69) is 0 Å². The van der Waals surface area contributed by atoms with E-state index >= 15 is 0 Å². The molecule has 0 radical (unpaired) electrons. The van der Waals surface area contributed by atoms with E-state index in [0.717, 1.165) is 5.76 Å². The van der Waals surface area contributed by atoms with Gasteiger partial charge in [-0.3, -0.25) is 4.79 Å². The Kier molecular flexibility index (Phi) is 4.15. The Morgan fingerprint density at radius 3 is 2.83 bits per heavy atom. The minimum absolute atomic E-state index is 0.0207. The highest BCUT2D eigenvalue weighted by molar-refractivity contribution is 6.30. The summed E-state index contributed by atoms with van der Waals surface area (Å²) in [6.07, 6.45) is 2.54. The number of carbonyl (C=O) groups excluding carboxylic acids is 1. The predicted molar refractivity (Wildman–Crippen MR) is 67.2 cm³/mol. The SMILES string of the molecule is O=C(CCc1ccco1)Cc1ccc(Cl)cc1F. The van der Waals surface area contributed by atoms with Crippen LogP contribution in [-0.2, 0) is 17.6 Å². The average molecular weight is 267 g/mol. The molecule has 4 heteroatoms. The van der Waals surface area contributed by atoms with Crippen LogP contribution in [-0.4, -0.2) is 5.78 Å². The number of hydrogen-bond donors (Lipinski definition) is 0. The van der Waals surface area contributed by atoms with Crippen molar-refractivity contribution in [2.75, 3.05) is 0 Å². The molecule has 1 aromatic carbocycles. The van der Waals surface area contributed by atoms with Crippen LogP contribution in [0.15, 0.2) is 41.0 Å². The molecule has 1 aromatic heterocycles. The molecule has 0 N–H and O–H groups in total. The molecule has 2 rings (SSSR count). The fourth-order valence-corrected chi connectivity index (χ4v) is 1.84. The van der Waals surface area contributed by atoms with Crippen molar-refractivity contribution < 1.29 is 13.6 Å². The zero-order valence-corrected chi connectivity index (χ0v) is 10.4. The van der Waals surface area contributed by atoms with Crippen molar-refractivity contribution in [3.63, 3.8) is 0 Å². The van der Waals surface area contributed by atoms with Crippen molar-refractivity contribution in [3.05, 3.63) is 58.8 Å². The maximum atomic E-state index is 13.5. The first-order chi connectivity index (χ1) is 8.65. The maximum Gasteiger partial charge on any atom is 0.137 e. The summed E-state index contributed by atoms with van der Waals surface area (Å²) in [7, 11) is 0. The van der Waals surface area contributed by atoms with Crippen molar-refractivity contribution in [2.45, 2.75) is 19.3 Å². The lowest BCUT2D eigenvalue weighted by Gasteiger charge is -2.02. The second-order valence-electron chi connectivity index (χ2n) is 4.03. The van der Waals surface area contributed by atoms with E-state index in [0.29, 0.717) is 23.4 Å². The Bertz CT molecular complexity index is 535. The van der Waals surface area contributed by atoms with E-state index in [1.165, 1.54) is 6.07 Å². The first-order valence-electron chi connectivity index (χ1n) is 5.63. The van der Waals surface area contributed by atoms with Gasteiger partial charge in [0.15, 0.2) is 0 Å². The molecule has 0 spiro atoms. The largest absolute Gasteiger partial charge is 0.469 e. The Balaban J connectivity index is 1.91. The van der Waals surface area contributed by atoms with E-state index in [9.17, 15) is 9.18 Å². The van der Waals surface area contributed by atoms with Crippen LogP contribution >= 0.6 is 11.6 Å². The van der Waals surface area contributed by atoms with Gasteiger partial charge in [-0.25, -0.2) is 4.39 Å². The van der Waals surface area contributed by atoms with Gasteiger partial charge in [0.1, 0.15) is 17.4 Å². The predicted octanol–water partition coefficient (Wildman–Crippen LogP) is 3.82. The first kappa shape index (κ1) is 12.8. The van der Waals surface area contributed by atoms with Crippen molar-refractivity contribution in [1.29, 1.82) is 0 Å². The maximum absolute atomic E-state index is 13.5. The number of carbonyl (C=O) groups is 1. The van der Waals surface area contributed by atoms with Gasteiger partial charge in [-0.1, -0.05) is 17.7 Å². The van der Waals surface area contributed by atoms with Crippen LogP contribution in [0, 0.1) is 5.82 Å². The number of benzene rings is 1. The summed E-state index contributed by atoms with van der Waals surface area (Å²) < 4.78 is 18.6. The molecule has 0 aliphatic rings. The Morgan fingerprint density at radius 2 is 2.17 bits per heavy atom. The molecule has 0 fully saturated rings. The van der Waals surface area contributed by atoms with Crippen LogP contribution < -0.4 is 0 Å². The fourth-order valence-electron chi connectivity index (χ4n) is 1.68. The summed E-state index contributed by atoms with van der Waals surface area (Å²) in [5.74, 6) is 0.307. The van der Waals surface area contributed by atoms with Crippen molar-refractivity contribution in [3.8, 4) is 0 Å². The van der Waals surface area contributed by atoms with Gasteiger partial charge in [-0.15, -0.1) is 0 Å². The molecule has 0 amide bonds. The highest BCUT2D eigenvalue weighted by atomic mass is 35.5. The third kappa shape index (κ3) is 3.44. The summed E-state index contributed by atoms with van der Waals surface area (Å²) in [4.78, 5) is 11.7. The van der Waals surface area contributed by atoms with Gasteiger partial charge < -0.3 is 4.42 Å². The molecule has 0 aliphatic carbocycles. The second-order valence-corrected chi connectivity index (χ2v) is 4.47. The van der Waals surface area contributed by atoms with Crippen LogP contribution in [0.4, 0.5) is 4.39 Å². The minimum atomic E-state index is -0.436. The third-order valence-electron chi connectivity index (χ3n) is 2.63. The van der Waals surface area contributed by atoms with E-state index < -0.39 is 5.82 Å². The fraction of sp³-hybridized carbons (Fsp3) is 0.214. The summed E-state index contributed by atoms with van der Waals surface area (Å²) >= 11 is 5.64. The number of furan rings is 1. The zero-order valence-electron chi connectivity index (χ0n) is 9.66. The summed E-state index contributed by atoms with van der Waals surface area (Å²) in [6, 6.07) is 7.94. The molecule has 1 heterocycles. The molecule has 18 heavy (non-hydrogen) atoms. The Morgan fingerprint density at radius 1 is 1.33 bits per heavy atom. The zero-order chi connectivity index (χ0) is 13.0. The van der Waals surface area contributed by atoms with Gasteiger partial charge in [0, 0.05) is 24.3 Å². The number of rotatable bonds is 5. The van der Waals surface area contributed by atoms with E-state index in [-0.39, 0.29) is 12.2 Å². The van der Waals surface area contributed by atoms with E-state index in [4.69, 9.17) is 16.0 Å². The highest BCUT2D eigenvalue weighted by Gasteiger charge is 2.09. The molecule has 94 valence electrons. The number of ketones is 1. The lowest BCUT2D eigenvalue weighted by Crippen LogP contribution is -2.05. The van der Waals surface area contributed by atoms with Gasteiger partial charge in [0.2, 0.25) is 0 Å². The highest BCUT2D eigenvalue weighted by Crippen LogP contribution is 2.16. The second kappa shape index (κ2) is 5.83. The molecule has 0 saturated heterocycles. The van der Waals surface area contributed by atoms with Crippen LogP contribution in [0.5, 0.6) is 0 Å². The lowest BCUT2D eigenvalue weighted by molar-refractivity contribution is -0.118. The molecule has 0 atom stereocenters. The summed E-state index contributed by atoms with van der Waals surface area (Å²) in [5, 5.41) is 0.333. The number of halogens is 2. The van der Waals surface area contributed by atoms with Gasteiger partial charge >= 0.3 is 0 Å². The Labute approximate surface area is 109 Å². The molecular weight excluding hydrogens is 255 g/mol. The van der Waals surface area contributed by atoms with Crippen LogP contribution in [0.25, 0.3) is 0 Å². The normalized spacial score (nSPS) is 10.6. The number of Topliss-reactive ketones (excluding diaryl/α,β-unsaturated/α-hetero) is 1. The first-order valence-corrected chi connectivity index (χ1v) is 6.01. The molecule has 0 unspecified atom stereocenters. The van der Waals surface area contributed by atoms with Gasteiger partial charge in [-0.2, -0.15) is 0 Å². The molecule has 0 saturated carbocycles. The van der Waals surface area contributed by atoms with E-state index in [1.54, 1.807) is 24.5 Å². The van der Waals surface area contributed by atoms with Gasteiger partial charge in [-0.05, 0) is 29.8 Å². The van der Waals surface area contributed by atoms with Crippen LogP contribution in [0.2, 0.25) is 5.02 Å². The van der Waals surface area contributed by atoms with E-state index in [1.807, 2.05) is 6.07 Å². The Hall–Kier alpha value is -1.61. The van der Waals surface area contributed by atoms with Crippen molar-refractivity contribution in [1.82, 2.24) is 0 Å². The van der Waals surface area contributed by atoms with Gasteiger partial charge in [0.25, 0.3) is 0 Å². The van der Waals surface area contributed by atoms with Crippen molar-refractivity contribution >= 4 is 17.4 Å². The monoisotopic (exact) mass is 266 g/mol. The molecule has 2 aromatic rings. The molecule has 2 nitrogen and oxygen atoms in total. The standard InChI is InChI=1S/C14H12ClFO2/c15-11-4-3-10(14(16)9-11)8-12(17)5-6-13-2-1-7-18-13/h1-4,7,9H,5-6,8H2. The number of hydrogen-bond acceptors (Lipinski definition) is 2. The van der Waals surface area contributed by atoms with Crippen LogP contribution in [0.1, 0.15) is 17.7 Å². The smallest absolute Gasteiger partial charge is 0.137 e. The molecule has 0 bridgehead atoms. The minimum Gasteiger partial charge on any atom is -0.469 e. The van der Waals surface area contributed by atoms with Crippen molar-refractivity contribution in [2.24, 2.45) is 0 Å². The topological polar surface area (TPSA) is 30.2 Å². The van der Waals surface area contributed by atoms with Gasteiger partial charge in [0.05, 0.1) is 6.26 Å². The summed E-state index contributed by atoms with van der Waals surface area (Å²) in [5.41, 5.74) is 0.379. The average Bonchev–Trinajstić information content (AvgIpc) is 2.83. The molecule has 0 aliphatic heterocycles. The number of aryl methyl sites for hydroxylation is 1. The quantitative estimate of drug-likeness (QED) is 0.824. The van der Waals surface area contributed by atoms with Crippen LogP contribution in [0.3, 0.4) is 0 Å². The summed E-state index contributed by atoms with van der Waals surface area (Å²) in [6.45, 7) is 0. The third-order valence-corrected chi connectivity index (χ3v) is 2.87. The lowest BCUT2D eigenvalue weighted by atomic mass is 10.0. The molecular formula is C14H12ClFO2.